The molecular weight excluding hydrogens is 424 g/mol. The van der Waals surface area contributed by atoms with Crippen molar-refractivity contribution < 1.29 is 14.2 Å². The van der Waals surface area contributed by atoms with Gasteiger partial charge in [0.25, 0.3) is 0 Å². The molecule has 0 saturated carbocycles. The minimum Gasteiger partial charge on any atom is -0.353 e. The number of halogens is 2. The predicted octanol–water partition coefficient (Wildman–Crippen LogP) is 6.42. The fraction of sp³-hybridized carbons (Fsp3) is 1.00. The lowest BCUT2D eigenvalue weighted by Crippen LogP contribution is -2.27. The van der Waals surface area contributed by atoms with E-state index in [9.17, 15) is 0 Å². The fourth-order valence-corrected chi connectivity index (χ4v) is 3.23. The van der Waals surface area contributed by atoms with E-state index in [1.165, 1.54) is 38.5 Å². The van der Waals surface area contributed by atoms with Crippen LogP contribution in [0, 0.1) is 0 Å². The van der Waals surface area contributed by atoms with Crippen LogP contribution in [0.1, 0.15) is 78.1 Å². The van der Waals surface area contributed by atoms with E-state index in [0.717, 1.165) is 36.3 Å². The van der Waals surface area contributed by atoms with Gasteiger partial charge >= 0.3 is 0 Å². The zero-order valence-electron chi connectivity index (χ0n) is 15.0. The van der Waals surface area contributed by atoms with Gasteiger partial charge in [0.05, 0.1) is 0 Å². The maximum Gasteiger partial charge on any atom is 0.160 e. The molecule has 0 N–H and O–H groups in total. The number of ether oxygens (including phenoxy) is 3. The Morgan fingerprint density at radius 3 is 1.35 bits per heavy atom. The molecule has 0 amide bonds. The summed E-state index contributed by atoms with van der Waals surface area (Å²) in [5.41, 5.74) is 0. The second-order valence-corrected chi connectivity index (χ2v) is 7.28. The first-order chi connectivity index (χ1) is 11.3. The van der Waals surface area contributed by atoms with Crippen molar-refractivity contribution in [2.45, 2.75) is 90.6 Å². The van der Waals surface area contributed by atoms with Crippen molar-refractivity contribution in [1.29, 1.82) is 0 Å². The molecule has 5 heteroatoms. The lowest BCUT2D eigenvalue weighted by Gasteiger charge is -2.24. The summed E-state index contributed by atoms with van der Waals surface area (Å²) in [5, 5.41) is 2.19. The smallest absolute Gasteiger partial charge is 0.160 e. The third kappa shape index (κ3) is 16.1. The van der Waals surface area contributed by atoms with Gasteiger partial charge in [-0.3, -0.25) is 0 Å². The minimum absolute atomic E-state index is 0.122. The maximum absolute atomic E-state index is 6.08. The minimum atomic E-state index is -0.122. The van der Waals surface area contributed by atoms with Crippen LogP contribution in [0.25, 0.3) is 0 Å². The Labute approximate surface area is 160 Å². The van der Waals surface area contributed by atoms with Gasteiger partial charge < -0.3 is 14.2 Å². The summed E-state index contributed by atoms with van der Waals surface area (Å²) in [4.78, 5) is 0. The van der Waals surface area contributed by atoms with Gasteiger partial charge in [0.1, 0.15) is 0 Å². The monoisotopic (exact) mass is 458 g/mol. The van der Waals surface area contributed by atoms with Crippen molar-refractivity contribution in [3.05, 3.63) is 0 Å². The topological polar surface area (TPSA) is 27.7 Å². The molecule has 140 valence electrons. The average molecular weight is 460 g/mol. The van der Waals surface area contributed by atoms with Crippen molar-refractivity contribution in [1.82, 2.24) is 0 Å². The highest BCUT2D eigenvalue weighted by Crippen LogP contribution is 2.16. The Balaban J connectivity index is 4.02. The first-order valence-corrected chi connectivity index (χ1v) is 11.5. The second-order valence-electron chi connectivity index (χ2n) is 5.69. The van der Waals surface area contributed by atoms with E-state index < -0.39 is 0 Å². The summed E-state index contributed by atoms with van der Waals surface area (Å²) in [6.07, 6.45) is 11.5. The van der Waals surface area contributed by atoms with E-state index in [2.05, 4.69) is 31.9 Å². The van der Waals surface area contributed by atoms with Gasteiger partial charge in [-0.15, -0.1) is 0 Å². The SMILES string of the molecule is CCOC(CCCCCCBr)OC(CCCCCCBr)OCC. The molecule has 0 heterocycles. The predicted molar refractivity (Wildman–Crippen MR) is 106 cm³/mol. The number of unbranched alkanes of at least 4 members (excludes halogenated alkanes) is 6. The normalized spacial score (nSPS) is 14.1. The van der Waals surface area contributed by atoms with Crippen molar-refractivity contribution in [3.63, 3.8) is 0 Å². The van der Waals surface area contributed by atoms with Crippen LogP contribution in [0.4, 0.5) is 0 Å². The molecule has 0 aromatic carbocycles. The van der Waals surface area contributed by atoms with E-state index >= 15 is 0 Å². The summed E-state index contributed by atoms with van der Waals surface area (Å²) < 4.78 is 17.6. The van der Waals surface area contributed by atoms with Crippen LogP contribution in [-0.4, -0.2) is 36.5 Å². The van der Waals surface area contributed by atoms with Crippen LogP contribution in [0.5, 0.6) is 0 Å². The number of rotatable bonds is 18. The molecule has 0 aliphatic heterocycles. The Bertz CT molecular complexity index is 208. The highest BCUT2D eigenvalue weighted by molar-refractivity contribution is 9.09. The van der Waals surface area contributed by atoms with Crippen LogP contribution >= 0.6 is 31.9 Å². The molecule has 0 saturated heterocycles. The van der Waals surface area contributed by atoms with E-state index in [-0.39, 0.29) is 12.6 Å². The van der Waals surface area contributed by atoms with Gasteiger partial charge in [-0.05, 0) is 52.4 Å². The summed E-state index contributed by atoms with van der Waals surface area (Å²) in [7, 11) is 0. The molecule has 2 unspecified atom stereocenters. The van der Waals surface area contributed by atoms with Crippen LogP contribution in [0.3, 0.4) is 0 Å². The van der Waals surface area contributed by atoms with E-state index in [1.807, 2.05) is 13.8 Å². The first-order valence-electron chi connectivity index (χ1n) is 9.29. The molecule has 0 spiro atoms. The summed E-state index contributed by atoms with van der Waals surface area (Å²) in [6.45, 7) is 5.43. The maximum atomic E-state index is 6.08. The quantitative estimate of drug-likeness (QED) is 0.134. The van der Waals surface area contributed by atoms with E-state index in [0.29, 0.717) is 13.2 Å². The molecule has 0 radical (unpaired) electrons. The molecule has 3 nitrogen and oxygen atoms in total. The van der Waals surface area contributed by atoms with Gasteiger partial charge in [-0.25, -0.2) is 0 Å². The molecule has 0 aliphatic carbocycles. The molecule has 23 heavy (non-hydrogen) atoms. The third-order valence-corrected chi connectivity index (χ3v) is 4.78. The van der Waals surface area contributed by atoms with Gasteiger partial charge in [0, 0.05) is 23.9 Å². The van der Waals surface area contributed by atoms with Crippen LogP contribution in [0.15, 0.2) is 0 Å². The van der Waals surface area contributed by atoms with Crippen LogP contribution in [0.2, 0.25) is 0 Å². The van der Waals surface area contributed by atoms with Gasteiger partial charge in [-0.1, -0.05) is 57.5 Å². The van der Waals surface area contributed by atoms with Crippen molar-refractivity contribution in [2.24, 2.45) is 0 Å². The number of alkyl halides is 2. The van der Waals surface area contributed by atoms with Crippen molar-refractivity contribution >= 4 is 31.9 Å². The third-order valence-electron chi connectivity index (χ3n) is 3.66. The molecule has 0 aliphatic rings. The first kappa shape index (κ1) is 23.8. The highest BCUT2D eigenvalue weighted by atomic mass is 79.9. The highest BCUT2D eigenvalue weighted by Gasteiger charge is 2.16. The van der Waals surface area contributed by atoms with Crippen molar-refractivity contribution in [3.8, 4) is 0 Å². The summed E-state index contributed by atoms with van der Waals surface area (Å²) in [6, 6.07) is 0. The largest absolute Gasteiger partial charge is 0.353 e. The van der Waals surface area contributed by atoms with Gasteiger partial charge in [-0.2, -0.15) is 0 Å². The molecule has 0 fully saturated rings. The zero-order chi connectivity index (χ0) is 17.2. The molecule has 0 aromatic rings. The molecule has 0 aromatic heterocycles. The summed E-state index contributed by atoms with van der Waals surface area (Å²) >= 11 is 6.95. The Morgan fingerprint density at radius 1 is 0.609 bits per heavy atom. The van der Waals surface area contributed by atoms with Crippen LogP contribution < -0.4 is 0 Å². The van der Waals surface area contributed by atoms with Gasteiger partial charge in [0.15, 0.2) is 12.6 Å². The second kappa shape index (κ2) is 19.2. The zero-order valence-corrected chi connectivity index (χ0v) is 18.2. The van der Waals surface area contributed by atoms with Crippen molar-refractivity contribution in [2.75, 3.05) is 23.9 Å². The average Bonchev–Trinajstić information content (AvgIpc) is 2.54. The fourth-order valence-electron chi connectivity index (χ4n) is 2.44. The molecular formula is C18H36Br2O3. The summed E-state index contributed by atoms with van der Waals surface area (Å²) in [5.74, 6) is 0. The number of hydrogen-bond donors (Lipinski definition) is 0. The lowest BCUT2D eigenvalue weighted by atomic mass is 10.1. The van der Waals surface area contributed by atoms with E-state index in [4.69, 9.17) is 14.2 Å². The molecule has 2 atom stereocenters. The Hall–Kier alpha value is 0.840. The molecule has 0 bridgehead atoms. The molecule has 0 rings (SSSR count). The Morgan fingerprint density at radius 2 is 1.00 bits per heavy atom. The van der Waals surface area contributed by atoms with Crippen LogP contribution in [-0.2, 0) is 14.2 Å². The lowest BCUT2D eigenvalue weighted by molar-refractivity contribution is -0.247. The standard InChI is InChI=1S/C18H36Br2O3/c1-3-21-17(13-9-5-7-11-15-19)23-18(22-4-2)14-10-6-8-12-16-20/h17-18H,3-16H2,1-2H3. The van der Waals surface area contributed by atoms with E-state index in [1.54, 1.807) is 0 Å². The van der Waals surface area contributed by atoms with Gasteiger partial charge in [0.2, 0.25) is 0 Å². The number of hydrogen-bond acceptors (Lipinski definition) is 3. The Kier molecular flexibility index (Phi) is 19.9.